The first-order valence-corrected chi connectivity index (χ1v) is 5.93. The van der Waals surface area contributed by atoms with Crippen molar-refractivity contribution in [2.24, 2.45) is 0 Å². The fourth-order valence-corrected chi connectivity index (χ4v) is 0.494. The molecule has 6 N–H and O–H groups in total. The zero-order chi connectivity index (χ0) is 19.2. The second-order valence-corrected chi connectivity index (χ2v) is 3.97. The van der Waals surface area contributed by atoms with Gasteiger partial charge in [-0.3, -0.25) is 0 Å². The average molecular weight is 336 g/mol. The van der Waals surface area contributed by atoms with E-state index in [1.807, 2.05) is 0 Å². The third kappa shape index (κ3) is 24.7. The van der Waals surface area contributed by atoms with Gasteiger partial charge in [-0.2, -0.15) is 0 Å². The lowest BCUT2D eigenvalue weighted by Gasteiger charge is -1.90. The Balaban J connectivity index is -0.000000273. The molecular weight excluding hydrogens is 316 g/mol. The highest BCUT2D eigenvalue weighted by molar-refractivity contribution is 5.94. The van der Waals surface area contributed by atoms with Crippen molar-refractivity contribution in [2.45, 2.75) is 26.9 Å². The van der Waals surface area contributed by atoms with Gasteiger partial charge >= 0.3 is 23.9 Å². The maximum absolute atomic E-state index is 9.90. The van der Waals surface area contributed by atoms with E-state index in [1.165, 1.54) is 20.8 Å². The molecular formula is C13H20O10. The van der Waals surface area contributed by atoms with Crippen LogP contribution in [0.4, 0.5) is 0 Å². The summed E-state index contributed by atoms with van der Waals surface area (Å²) in [6, 6.07) is 0. The van der Waals surface area contributed by atoms with Gasteiger partial charge in [-0.1, -0.05) is 0 Å². The molecule has 0 rings (SSSR count). The number of hydrogen-bond donors (Lipinski definition) is 6. The van der Waals surface area contributed by atoms with Crippen molar-refractivity contribution in [2.75, 3.05) is 6.61 Å². The van der Waals surface area contributed by atoms with E-state index in [4.69, 9.17) is 30.6 Å². The quantitative estimate of drug-likeness (QED) is 0.359. The Morgan fingerprint density at radius 2 is 1.04 bits per heavy atom. The van der Waals surface area contributed by atoms with Crippen molar-refractivity contribution >= 4 is 23.9 Å². The second kappa shape index (κ2) is 14.2. The largest absolute Gasteiger partial charge is 0.478 e. The molecule has 23 heavy (non-hydrogen) atoms. The van der Waals surface area contributed by atoms with Gasteiger partial charge in [0.25, 0.3) is 0 Å². The van der Waals surface area contributed by atoms with Gasteiger partial charge in [0.2, 0.25) is 0 Å². The van der Waals surface area contributed by atoms with E-state index in [2.05, 4.69) is 0 Å². The van der Waals surface area contributed by atoms with E-state index in [-0.39, 0.29) is 17.8 Å². The van der Waals surface area contributed by atoms with Crippen LogP contribution in [0.1, 0.15) is 20.8 Å². The zero-order valence-electron chi connectivity index (χ0n) is 12.8. The van der Waals surface area contributed by atoms with Crippen LogP contribution in [-0.4, -0.2) is 67.2 Å². The van der Waals surface area contributed by atoms with Gasteiger partial charge in [-0.05, 0) is 20.8 Å². The number of aliphatic carboxylic acids is 4. The molecule has 0 fully saturated rings. The lowest BCUT2D eigenvalue weighted by atomic mass is 10.3. The van der Waals surface area contributed by atoms with Crippen LogP contribution >= 0.6 is 0 Å². The van der Waals surface area contributed by atoms with Crippen LogP contribution in [0.5, 0.6) is 0 Å². The highest BCUT2D eigenvalue weighted by Gasteiger charge is 2.01. The fraction of sp³-hybridized carbons (Fsp3) is 0.385. The normalized spacial score (nSPS) is 11.9. The first-order chi connectivity index (χ1) is 10.3. The molecule has 10 heteroatoms. The lowest BCUT2D eigenvalue weighted by molar-refractivity contribution is -0.135. The van der Waals surface area contributed by atoms with Gasteiger partial charge in [0, 0.05) is 23.3 Å². The Hall–Kier alpha value is -2.72. The Morgan fingerprint density at radius 3 is 1.09 bits per heavy atom. The van der Waals surface area contributed by atoms with Crippen molar-refractivity contribution in [1.82, 2.24) is 0 Å². The summed E-state index contributed by atoms with van der Waals surface area (Å²) < 4.78 is 0. The van der Waals surface area contributed by atoms with Crippen molar-refractivity contribution in [3.63, 3.8) is 0 Å². The first-order valence-electron chi connectivity index (χ1n) is 5.93. The Morgan fingerprint density at radius 1 is 0.826 bits per heavy atom. The van der Waals surface area contributed by atoms with Crippen molar-refractivity contribution in [1.29, 1.82) is 0 Å². The number of carbonyl (C=O) groups is 4. The minimum absolute atomic E-state index is 0.139. The van der Waals surface area contributed by atoms with Gasteiger partial charge in [0.1, 0.15) is 0 Å². The summed E-state index contributed by atoms with van der Waals surface area (Å²) in [7, 11) is 0. The minimum atomic E-state index is -1.24. The number of hydrogen-bond acceptors (Lipinski definition) is 6. The summed E-state index contributed by atoms with van der Waals surface area (Å²) >= 11 is 0. The molecule has 0 heterocycles. The molecule has 1 atom stereocenters. The molecule has 0 spiro atoms. The molecule has 0 saturated heterocycles. The molecule has 1 unspecified atom stereocenters. The summed E-state index contributed by atoms with van der Waals surface area (Å²) in [5, 5.41) is 48.2. The maximum Gasteiger partial charge on any atom is 0.331 e. The van der Waals surface area contributed by atoms with E-state index in [9.17, 15) is 19.2 Å². The first kappa shape index (κ1) is 25.2. The van der Waals surface area contributed by atoms with Crippen molar-refractivity contribution < 1.29 is 49.8 Å². The number of aliphatic hydroxyl groups excluding tert-OH is 2. The van der Waals surface area contributed by atoms with E-state index in [0.29, 0.717) is 12.2 Å². The Labute approximate surface area is 131 Å². The number of aliphatic hydroxyl groups is 2. The van der Waals surface area contributed by atoms with E-state index in [0.717, 1.165) is 0 Å². The highest BCUT2D eigenvalue weighted by Crippen LogP contribution is 1.90. The van der Waals surface area contributed by atoms with Gasteiger partial charge in [-0.15, -0.1) is 0 Å². The zero-order valence-corrected chi connectivity index (χ0v) is 12.8. The highest BCUT2D eigenvalue weighted by atomic mass is 16.4. The average Bonchev–Trinajstić information content (AvgIpc) is 2.38. The minimum Gasteiger partial charge on any atom is -0.478 e. The van der Waals surface area contributed by atoms with Crippen LogP contribution in [0.15, 0.2) is 23.3 Å². The van der Waals surface area contributed by atoms with Crippen molar-refractivity contribution in [3.8, 4) is 0 Å². The van der Waals surface area contributed by atoms with Crippen LogP contribution in [0.25, 0.3) is 0 Å². The van der Waals surface area contributed by atoms with Crippen LogP contribution < -0.4 is 0 Å². The molecule has 0 aromatic heterocycles. The second-order valence-electron chi connectivity index (χ2n) is 3.97. The predicted octanol–water partition coefficient (Wildman–Crippen LogP) is -0.437. The van der Waals surface area contributed by atoms with Gasteiger partial charge in [0.05, 0.1) is 12.7 Å². The molecule has 0 radical (unpaired) electrons. The third-order valence-corrected chi connectivity index (χ3v) is 1.62. The van der Waals surface area contributed by atoms with Gasteiger partial charge < -0.3 is 30.6 Å². The topological polar surface area (TPSA) is 190 Å². The van der Waals surface area contributed by atoms with Crippen LogP contribution in [-0.2, 0) is 19.2 Å². The Kier molecular flexibility index (Phi) is 15.6. The van der Waals surface area contributed by atoms with E-state index < -0.39 is 30.0 Å². The smallest absolute Gasteiger partial charge is 0.331 e. The third-order valence-electron chi connectivity index (χ3n) is 1.62. The summed E-state index contributed by atoms with van der Waals surface area (Å²) in [5.74, 6) is -4.90. The van der Waals surface area contributed by atoms with E-state index >= 15 is 0 Å². The van der Waals surface area contributed by atoms with Crippen LogP contribution in [0.3, 0.4) is 0 Å². The summed E-state index contributed by atoms with van der Waals surface area (Å²) in [5.41, 5.74) is -0.356. The number of carboxylic acid groups (broad SMARTS) is 4. The van der Waals surface area contributed by atoms with Gasteiger partial charge in [0.15, 0.2) is 0 Å². The fourth-order valence-electron chi connectivity index (χ4n) is 0.494. The standard InChI is InChI=1S/2C5H6O4.C3H8O2/c2*1-3(5(8)9)2-4(6)7;1-3(5)2-4/h2*2H,1H3,(H,6,7)(H,8,9);3-5H,2H2,1H3. The molecule has 0 aliphatic heterocycles. The van der Waals surface area contributed by atoms with Crippen molar-refractivity contribution in [3.05, 3.63) is 23.3 Å². The van der Waals surface area contributed by atoms with Crippen LogP contribution in [0, 0.1) is 0 Å². The lowest BCUT2D eigenvalue weighted by Crippen LogP contribution is -2.03. The molecule has 0 aromatic rings. The van der Waals surface area contributed by atoms with Crippen LogP contribution in [0.2, 0.25) is 0 Å². The monoisotopic (exact) mass is 336 g/mol. The Bertz CT molecular complexity index is 433. The SMILES string of the molecule is CC(=CC(=O)O)C(=O)O.CC(=CC(=O)O)C(=O)O.CC(O)CO. The van der Waals surface area contributed by atoms with Gasteiger partial charge in [-0.25, -0.2) is 19.2 Å². The summed E-state index contributed by atoms with van der Waals surface area (Å²) in [4.78, 5) is 39.4. The molecule has 0 aromatic carbocycles. The predicted molar refractivity (Wildman–Crippen MR) is 76.8 cm³/mol. The number of carboxylic acids is 4. The molecule has 132 valence electrons. The summed E-state index contributed by atoms with van der Waals surface area (Å²) in [6.07, 6.45) is 0.722. The molecule has 0 saturated carbocycles. The molecule has 10 nitrogen and oxygen atoms in total. The number of rotatable bonds is 5. The molecule has 0 aliphatic rings. The molecule has 0 amide bonds. The molecule has 0 bridgehead atoms. The molecule has 0 aliphatic carbocycles. The summed E-state index contributed by atoms with van der Waals surface area (Å²) in [6.45, 7) is 3.83. The maximum atomic E-state index is 9.90. The van der Waals surface area contributed by atoms with E-state index in [1.54, 1.807) is 0 Å².